The van der Waals surface area contributed by atoms with E-state index in [1.807, 2.05) is 38.1 Å². The fourth-order valence-corrected chi connectivity index (χ4v) is 3.79. The number of hydrogen-bond acceptors (Lipinski definition) is 5. The number of guanidine groups is 1. The van der Waals surface area contributed by atoms with Crippen molar-refractivity contribution in [2.75, 3.05) is 13.6 Å². The lowest BCUT2D eigenvalue weighted by atomic mass is 10.0. The minimum atomic E-state index is -0.957. The lowest BCUT2D eigenvalue weighted by molar-refractivity contribution is -0.132. The Balaban J connectivity index is 2.10. The molecule has 1 heterocycles. The molecule has 2 aromatic rings. The van der Waals surface area contributed by atoms with Crippen LogP contribution in [0.2, 0.25) is 0 Å². The predicted molar refractivity (Wildman–Crippen MR) is 137 cm³/mol. The number of para-hydroxylation sites is 1. The Morgan fingerprint density at radius 1 is 1.09 bits per heavy atom. The first-order chi connectivity index (χ1) is 16.6. The van der Waals surface area contributed by atoms with Crippen LogP contribution < -0.4 is 32.7 Å². The molecule has 192 valence electrons. The van der Waals surface area contributed by atoms with Crippen LogP contribution in [0.25, 0.3) is 10.9 Å². The number of hydrogen-bond donors (Lipinski definition) is 8. The summed E-state index contributed by atoms with van der Waals surface area (Å²) in [4.78, 5) is 41.1. The first-order valence-electron chi connectivity index (χ1n) is 11.8. The monoisotopic (exact) mass is 486 g/mol. The summed E-state index contributed by atoms with van der Waals surface area (Å²) in [6.45, 7) is 4.34. The number of nitrogens with one attached hydrogen (secondary N) is 6. The number of H-pyrrole nitrogens is 1. The van der Waals surface area contributed by atoms with E-state index in [4.69, 9.17) is 16.9 Å². The van der Waals surface area contributed by atoms with E-state index in [2.05, 4.69) is 26.3 Å². The highest BCUT2D eigenvalue weighted by atomic mass is 16.2. The maximum atomic E-state index is 13.2. The maximum Gasteiger partial charge on any atom is 0.243 e. The minimum absolute atomic E-state index is 0.154. The van der Waals surface area contributed by atoms with E-state index in [9.17, 15) is 14.4 Å². The van der Waals surface area contributed by atoms with Gasteiger partial charge in [-0.3, -0.25) is 19.8 Å². The third-order valence-electron chi connectivity index (χ3n) is 5.68. The van der Waals surface area contributed by atoms with Gasteiger partial charge in [0.2, 0.25) is 17.7 Å². The Labute approximate surface area is 205 Å². The summed E-state index contributed by atoms with van der Waals surface area (Å²) in [5, 5.41) is 19.5. The highest BCUT2D eigenvalue weighted by molar-refractivity contribution is 5.93. The molecule has 0 spiro atoms. The van der Waals surface area contributed by atoms with Crippen molar-refractivity contribution < 1.29 is 14.4 Å². The van der Waals surface area contributed by atoms with Crippen molar-refractivity contribution in [3.8, 4) is 0 Å². The molecule has 11 nitrogen and oxygen atoms in total. The number of carbonyl (C=O) groups excluding carboxylic acids is 3. The topological polar surface area (TPSA) is 191 Å². The van der Waals surface area contributed by atoms with Crippen LogP contribution in [0.3, 0.4) is 0 Å². The first-order valence-corrected chi connectivity index (χ1v) is 11.8. The van der Waals surface area contributed by atoms with Gasteiger partial charge in [-0.2, -0.15) is 0 Å². The smallest absolute Gasteiger partial charge is 0.243 e. The predicted octanol–water partition coefficient (Wildman–Crippen LogP) is 0.0627. The number of nitrogens with two attached hydrogens (primary N) is 2. The number of amides is 3. The van der Waals surface area contributed by atoms with E-state index in [0.717, 1.165) is 16.5 Å². The largest absolute Gasteiger partial charge is 0.368 e. The summed E-state index contributed by atoms with van der Waals surface area (Å²) in [6.07, 6.45) is 3.25. The summed E-state index contributed by atoms with van der Waals surface area (Å²) >= 11 is 0. The number of benzene rings is 1. The zero-order valence-electron chi connectivity index (χ0n) is 20.6. The maximum absolute atomic E-state index is 13.2. The van der Waals surface area contributed by atoms with Gasteiger partial charge in [-0.1, -0.05) is 32.0 Å². The molecule has 0 radical (unpaired) electrons. The molecule has 1 aromatic heterocycles. The summed E-state index contributed by atoms with van der Waals surface area (Å²) < 4.78 is 0. The molecule has 0 unspecified atom stereocenters. The van der Waals surface area contributed by atoms with Gasteiger partial charge in [0.15, 0.2) is 5.96 Å². The molecule has 0 saturated heterocycles. The van der Waals surface area contributed by atoms with Crippen LogP contribution in [-0.2, 0) is 20.8 Å². The Morgan fingerprint density at radius 3 is 2.43 bits per heavy atom. The average Bonchev–Trinajstić information content (AvgIpc) is 3.22. The van der Waals surface area contributed by atoms with E-state index in [0.29, 0.717) is 19.4 Å². The Morgan fingerprint density at radius 2 is 1.77 bits per heavy atom. The average molecular weight is 487 g/mol. The lowest BCUT2D eigenvalue weighted by Crippen LogP contribution is -2.56. The molecule has 10 N–H and O–H groups in total. The van der Waals surface area contributed by atoms with Crippen LogP contribution in [0.4, 0.5) is 0 Å². The van der Waals surface area contributed by atoms with Crippen molar-refractivity contribution in [3.05, 3.63) is 36.0 Å². The normalized spacial score (nSPS) is 13.6. The molecule has 0 aliphatic heterocycles. The van der Waals surface area contributed by atoms with Crippen LogP contribution in [0, 0.1) is 11.3 Å². The molecule has 0 aliphatic rings. The van der Waals surface area contributed by atoms with E-state index in [1.54, 1.807) is 13.2 Å². The van der Waals surface area contributed by atoms with Crippen molar-refractivity contribution in [2.45, 2.75) is 57.7 Å². The number of primary amides is 1. The fraction of sp³-hybridized carbons (Fsp3) is 0.500. The Bertz CT molecular complexity index is 1020. The van der Waals surface area contributed by atoms with Crippen molar-refractivity contribution in [1.29, 1.82) is 5.41 Å². The van der Waals surface area contributed by atoms with Gasteiger partial charge in [-0.15, -0.1) is 0 Å². The molecule has 0 bridgehead atoms. The van der Waals surface area contributed by atoms with E-state index in [-0.39, 0.29) is 24.7 Å². The van der Waals surface area contributed by atoms with Gasteiger partial charge in [-0.25, -0.2) is 0 Å². The molecule has 3 atom stereocenters. The van der Waals surface area contributed by atoms with Crippen molar-refractivity contribution in [3.63, 3.8) is 0 Å². The number of rotatable bonds is 13. The number of carbonyl (C=O) groups is 3. The summed E-state index contributed by atoms with van der Waals surface area (Å²) in [5.41, 5.74) is 13.4. The highest BCUT2D eigenvalue weighted by Crippen LogP contribution is 2.19. The van der Waals surface area contributed by atoms with Crippen molar-refractivity contribution >= 4 is 34.6 Å². The second kappa shape index (κ2) is 13.3. The van der Waals surface area contributed by atoms with E-state index < -0.39 is 35.8 Å². The summed E-state index contributed by atoms with van der Waals surface area (Å²) in [7, 11) is 1.62. The molecular weight excluding hydrogens is 448 g/mol. The van der Waals surface area contributed by atoms with Crippen LogP contribution in [0.15, 0.2) is 30.5 Å². The fourth-order valence-electron chi connectivity index (χ4n) is 3.79. The first kappa shape index (κ1) is 27.6. The minimum Gasteiger partial charge on any atom is -0.368 e. The highest BCUT2D eigenvalue weighted by Gasteiger charge is 2.28. The zero-order chi connectivity index (χ0) is 26.0. The Kier molecular flexibility index (Phi) is 10.5. The van der Waals surface area contributed by atoms with Gasteiger partial charge >= 0.3 is 0 Å². The van der Waals surface area contributed by atoms with Gasteiger partial charge in [0.25, 0.3) is 0 Å². The van der Waals surface area contributed by atoms with Crippen LogP contribution >= 0.6 is 0 Å². The Hall–Kier alpha value is -3.60. The van der Waals surface area contributed by atoms with Gasteiger partial charge in [0.1, 0.15) is 12.1 Å². The van der Waals surface area contributed by atoms with Crippen molar-refractivity contribution in [1.82, 2.24) is 26.3 Å². The standard InChI is InChI=1S/C24H38N8O3/c1-14(2)11-17(25)22(34)31-19(9-6-10-29-24(27)28-3)23(35)32-20(21(26)33)12-15-13-30-18-8-5-4-7-16(15)18/h4-5,7-8,13-14,17,19-20,30H,6,9-12,25H2,1-3H3,(H2,26,33)(H,31,34)(H,32,35)(H3,27,28,29)/t17-,19-,20-/m0/s1. The molecule has 0 fully saturated rings. The van der Waals surface area contributed by atoms with Crippen LogP contribution in [-0.4, -0.2) is 60.4 Å². The third-order valence-corrected chi connectivity index (χ3v) is 5.68. The molecule has 3 amide bonds. The second-order valence-electron chi connectivity index (χ2n) is 9.02. The second-order valence-corrected chi connectivity index (χ2v) is 9.02. The number of aromatic amines is 1. The number of aromatic nitrogens is 1. The molecule has 2 rings (SSSR count). The SMILES string of the molecule is CNC(=N)NCCC[C@H](NC(=O)[C@@H](N)CC(C)C)C(=O)N[C@@H](Cc1c[nH]c2ccccc12)C(N)=O. The van der Waals surface area contributed by atoms with E-state index >= 15 is 0 Å². The molecule has 0 aliphatic carbocycles. The van der Waals surface area contributed by atoms with Crippen molar-refractivity contribution in [2.24, 2.45) is 17.4 Å². The molecular formula is C24H38N8O3. The molecule has 35 heavy (non-hydrogen) atoms. The summed E-state index contributed by atoms with van der Waals surface area (Å²) in [6, 6.07) is 5.03. The van der Waals surface area contributed by atoms with Gasteiger partial charge < -0.3 is 37.7 Å². The summed E-state index contributed by atoms with van der Waals surface area (Å²) in [5.74, 6) is -1.24. The number of fused-ring (bicyclic) bond motifs is 1. The van der Waals surface area contributed by atoms with Crippen LogP contribution in [0.5, 0.6) is 0 Å². The van der Waals surface area contributed by atoms with Gasteiger partial charge in [0.05, 0.1) is 6.04 Å². The molecule has 0 saturated carbocycles. The van der Waals surface area contributed by atoms with E-state index in [1.165, 1.54) is 0 Å². The third kappa shape index (κ3) is 8.60. The van der Waals surface area contributed by atoms with Gasteiger partial charge in [0, 0.05) is 37.1 Å². The quantitative estimate of drug-likeness (QED) is 0.112. The lowest BCUT2D eigenvalue weighted by Gasteiger charge is -2.24. The van der Waals surface area contributed by atoms with Gasteiger partial charge in [-0.05, 0) is 36.8 Å². The molecule has 11 heteroatoms. The zero-order valence-corrected chi connectivity index (χ0v) is 20.6. The molecule has 1 aromatic carbocycles. The van der Waals surface area contributed by atoms with Crippen LogP contribution in [0.1, 0.15) is 38.7 Å².